The lowest BCUT2D eigenvalue weighted by molar-refractivity contribution is 0.349. The van der Waals surface area contributed by atoms with Crippen LogP contribution in [0.5, 0.6) is 0 Å². The molecule has 1 fully saturated rings. The highest BCUT2D eigenvalue weighted by molar-refractivity contribution is 7.94. The monoisotopic (exact) mass is 594 g/mol. The molecule has 1 saturated carbocycles. The third kappa shape index (κ3) is 7.66. The van der Waals surface area contributed by atoms with Crippen LogP contribution in [-0.2, 0) is 26.4 Å². The van der Waals surface area contributed by atoms with Crippen molar-refractivity contribution in [1.82, 2.24) is 9.88 Å². The van der Waals surface area contributed by atoms with E-state index in [4.69, 9.17) is 0 Å². The number of benzene rings is 1. The van der Waals surface area contributed by atoms with Crippen molar-refractivity contribution in [3.8, 4) is 0 Å². The Labute approximate surface area is 234 Å². The van der Waals surface area contributed by atoms with Crippen molar-refractivity contribution < 1.29 is 16.8 Å². The molecule has 0 unspecified atom stereocenters. The van der Waals surface area contributed by atoms with Crippen LogP contribution in [0.25, 0.3) is 12.2 Å². The molecule has 3 aromatic rings. The Hall–Kier alpha value is -2.25. The highest BCUT2D eigenvalue weighted by atomic mass is 32.2. The quantitative estimate of drug-likeness (QED) is 0.284. The molecule has 206 valence electrons. The summed E-state index contributed by atoms with van der Waals surface area (Å²) in [5.74, 6) is 0.722. The summed E-state index contributed by atoms with van der Waals surface area (Å²) in [6.07, 6.45) is 10.1. The lowest BCUT2D eigenvalue weighted by atomic mass is 10.1. The van der Waals surface area contributed by atoms with Gasteiger partial charge in [-0.3, -0.25) is 4.31 Å². The first-order chi connectivity index (χ1) is 18.1. The summed E-state index contributed by atoms with van der Waals surface area (Å²) in [5, 5.41) is 5.84. The smallest absolute Gasteiger partial charge is 0.273 e. The number of nitrogens with zero attached hydrogens (tertiary/aromatic N) is 3. The normalized spacial score (nSPS) is 14.4. The molecule has 1 N–H and O–H groups in total. The number of thiophene rings is 1. The van der Waals surface area contributed by atoms with Gasteiger partial charge in [0.2, 0.25) is 0 Å². The second kappa shape index (κ2) is 12.3. The van der Waals surface area contributed by atoms with Gasteiger partial charge in [0.15, 0.2) is 0 Å². The summed E-state index contributed by atoms with van der Waals surface area (Å²) >= 11 is 2.78. The fraction of sp³-hybridized carbons (Fsp3) is 0.423. The number of rotatable bonds is 14. The molecule has 0 amide bonds. The van der Waals surface area contributed by atoms with Gasteiger partial charge >= 0.3 is 0 Å². The molecule has 0 saturated heterocycles. The van der Waals surface area contributed by atoms with Crippen molar-refractivity contribution in [3.63, 3.8) is 0 Å². The van der Waals surface area contributed by atoms with Crippen LogP contribution >= 0.6 is 22.7 Å². The van der Waals surface area contributed by atoms with Crippen LogP contribution in [0.1, 0.15) is 34.7 Å². The van der Waals surface area contributed by atoms with Crippen LogP contribution < -0.4 is 9.62 Å². The Morgan fingerprint density at radius 2 is 1.89 bits per heavy atom. The fourth-order valence-electron chi connectivity index (χ4n) is 4.07. The Balaban J connectivity index is 1.55. The van der Waals surface area contributed by atoms with Crippen LogP contribution in [0.15, 0.2) is 46.1 Å². The molecule has 1 aliphatic rings. The van der Waals surface area contributed by atoms with Crippen LogP contribution in [-0.4, -0.2) is 65.9 Å². The minimum atomic E-state index is -3.68. The van der Waals surface area contributed by atoms with Gasteiger partial charge in [0.25, 0.3) is 10.0 Å². The Bertz CT molecular complexity index is 1460. The van der Waals surface area contributed by atoms with Gasteiger partial charge in [-0.15, -0.1) is 22.7 Å². The van der Waals surface area contributed by atoms with E-state index in [1.54, 1.807) is 40.2 Å². The predicted molar refractivity (Wildman–Crippen MR) is 159 cm³/mol. The number of anilines is 2. The molecule has 12 heteroatoms. The van der Waals surface area contributed by atoms with E-state index in [0.29, 0.717) is 35.4 Å². The van der Waals surface area contributed by atoms with E-state index in [9.17, 15) is 16.8 Å². The highest BCUT2D eigenvalue weighted by Gasteiger charge is 2.30. The van der Waals surface area contributed by atoms with Gasteiger partial charge in [-0.25, -0.2) is 21.8 Å². The number of nitrogens with one attached hydrogen (secondary N) is 1. The maximum Gasteiger partial charge on any atom is 0.273 e. The van der Waals surface area contributed by atoms with Gasteiger partial charge in [-0.2, -0.15) is 0 Å². The molecule has 8 nitrogen and oxygen atoms in total. The molecule has 4 rings (SSSR count). The molecular weight excluding hydrogens is 561 g/mol. The number of sulfone groups is 1. The molecule has 2 heterocycles. The van der Waals surface area contributed by atoms with E-state index in [-0.39, 0.29) is 5.75 Å². The van der Waals surface area contributed by atoms with Crippen molar-refractivity contribution in [2.45, 2.75) is 30.0 Å². The largest absolute Gasteiger partial charge is 0.386 e. The molecule has 2 aromatic heterocycles. The van der Waals surface area contributed by atoms with E-state index in [1.165, 1.54) is 17.6 Å². The molecule has 1 aliphatic carbocycles. The summed E-state index contributed by atoms with van der Waals surface area (Å²) in [6.45, 7) is 1.52. The molecule has 0 bridgehead atoms. The van der Waals surface area contributed by atoms with Crippen LogP contribution in [0.2, 0.25) is 0 Å². The zero-order valence-corrected chi connectivity index (χ0v) is 25.1. The minimum absolute atomic E-state index is 0.123. The van der Waals surface area contributed by atoms with Crippen molar-refractivity contribution in [2.75, 3.05) is 48.8 Å². The summed E-state index contributed by atoms with van der Waals surface area (Å²) in [7, 11) is -2.98. The van der Waals surface area contributed by atoms with Crippen molar-refractivity contribution in [3.05, 3.63) is 57.4 Å². The SMILES string of the molecule is CNc1c(/C=C/c2ncc(CN(C)CCS(C)(=O)=O)s2)cccc1N(CCC1CC1)S(=O)(=O)c1cccs1. The van der Waals surface area contributed by atoms with E-state index >= 15 is 0 Å². The first-order valence-electron chi connectivity index (χ1n) is 12.4. The van der Waals surface area contributed by atoms with Gasteiger partial charge in [0.1, 0.15) is 19.1 Å². The van der Waals surface area contributed by atoms with E-state index in [1.807, 2.05) is 48.5 Å². The highest BCUT2D eigenvalue weighted by Crippen LogP contribution is 2.38. The van der Waals surface area contributed by atoms with Crippen molar-refractivity contribution in [1.29, 1.82) is 0 Å². The fourth-order valence-corrected chi connectivity index (χ4v) is 8.21. The minimum Gasteiger partial charge on any atom is -0.386 e. The topological polar surface area (TPSA) is 99.7 Å². The molecule has 0 atom stereocenters. The Morgan fingerprint density at radius 3 is 2.55 bits per heavy atom. The molecular formula is C26H34N4O4S4. The van der Waals surface area contributed by atoms with Gasteiger partial charge in [0.05, 0.1) is 17.1 Å². The summed E-state index contributed by atoms with van der Waals surface area (Å²) in [6, 6.07) is 9.12. The molecule has 0 aliphatic heterocycles. The van der Waals surface area contributed by atoms with Crippen molar-refractivity contribution >= 4 is 66.1 Å². The number of sulfonamides is 1. The molecule has 0 spiro atoms. The summed E-state index contributed by atoms with van der Waals surface area (Å²) in [4.78, 5) is 7.50. The van der Waals surface area contributed by atoms with E-state index < -0.39 is 19.9 Å². The zero-order chi connectivity index (χ0) is 27.3. The average Bonchev–Trinajstić information content (AvgIpc) is 3.31. The maximum absolute atomic E-state index is 13.6. The second-order valence-corrected chi connectivity index (χ2v) is 16.0. The molecule has 1 aromatic carbocycles. The number of aromatic nitrogens is 1. The van der Waals surface area contributed by atoms with E-state index in [0.717, 1.165) is 40.4 Å². The Kier molecular flexibility index (Phi) is 9.30. The van der Waals surface area contributed by atoms with E-state index in [2.05, 4.69) is 10.3 Å². The van der Waals surface area contributed by atoms with Gasteiger partial charge < -0.3 is 10.2 Å². The first kappa shape index (κ1) is 28.8. The zero-order valence-electron chi connectivity index (χ0n) is 21.8. The Morgan fingerprint density at radius 1 is 1.11 bits per heavy atom. The number of para-hydroxylation sites is 1. The second-order valence-electron chi connectivity index (χ2n) is 9.60. The number of thiazole rings is 1. The first-order valence-corrected chi connectivity index (χ1v) is 17.6. The number of hydrogen-bond acceptors (Lipinski definition) is 9. The van der Waals surface area contributed by atoms with Gasteiger partial charge in [-0.05, 0) is 54.6 Å². The number of hydrogen-bond donors (Lipinski definition) is 1. The molecule has 0 radical (unpaired) electrons. The standard InChI is InChI=1S/C26H34N4O4S4/c1-27-26-21(11-12-24-28-18-22(36-24)19-29(2)15-17-37(3,31)32)6-4-7-23(26)30(14-13-20-9-10-20)38(33,34)25-8-5-16-35-25/h4-8,11-12,16,18,20,27H,9-10,13-15,17,19H2,1-3H3/b12-11+. The lowest BCUT2D eigenvalue weighted by Crippen LogP contribution is -2.32. The summed E-state index contributed by atoms with van der Waals surface area (Å²) in [5.41, 5.74) is 2.25. The van der Waals surface area contributed by atoms with Crippen LogP contribution in [0.3, 0.4) is 0 Å². The third-order valence-corrected chi connectivity index (χ3v) is 11.4. The van der Waals surface area contributed by atoms with Gasteiger partial charge in [0, 0.05) is 44.0 Å². The van der Waals surface area contributed by atoms with Gasteiger partial charge in [-0.1, -0.05) is 31.0 Å². The summed E-state index contributed by atoms with van der Waals surface area (Å²) < 4.78 is 52.0. The van der Waals surface area contributed by atoms with Crippen molar-refractivity contribution in [2.24, 2.45) is 5.92 Å². The lowest BCUT2D eigenvalue weighted by Gasteiger charge is -2.27. The molecule has 38 heavy (non-hydrogen) atoms. The van der Waals surface area contributed by atoms with Crippen LogP contribution in [0, 0.1) is 5.92 Å². The third-order valence-electron chi connectivity index (χ3n) is 6.32. The average molecular weight is 595 g/mol. The van der Waals surface area contributed by atoms with Crippen LogP contribution in [0.4, 0.5) is 11.4 Å². The maximum atomic E-state index is 13.6. The predicted octanol–water partition coefficient (Wildman–Crippen LogP) is 4.89.